The van der Waals surface area contributed by atoms with Gasteiger partial charge in [0.1, 0.15) is 6.54 Å². The zero-order valence-electron chi connectivity index (χ0n) is 25.1. The molecular weight excluding hydrogens is 508 g/mol. The number of hydrogen-bond donors (Lipinski definition) is 0. The smallest absolute Gasteiger partial charge is 0.210 e. The van der Waals surface area contributed by atoms with Crippen LogP contribution in [-0.2, 0) is 10.8 Å². The molecule has 5 rings (SSSR count). The molecule has 0 radical (unpaired) electrons. The van der Waals surface area contributed by atoms with E-state index >= 15 is 0 Å². The summed E-state index contributed by atoms with van der Waals surface area (Å²) in [6, 6.07) is 19.8. The van der Waals surface area contributed by atoms with Gasteiger partial charge in [0.25, 0.3) is 0 Å². The van der Waals surface area contributed by atoms with Gasteiger partial charge >= 0.3 is 0 Å². The highest BCUT2D eigenvalue weighted by molar-refractivity contribution is 6.30. The number of halogens is 1. The summed E-state index contributed by atoms with van der Waals surface area (Å²) in [6.07, 6.45) is 12.1. The maximum atomic E-state index is 6.51. The van der Waals surface area contributed by atoms with Gasteiger partial charge in [0.15, 0.2) is 5.71 Å². The maximum Gasteiger partial charge on any atom is 0.210 e. The molecule has 0 amide bonds. The summed E-state index contributed by atoms with van der Waals surface area (Å²) in [7, 11) is 0. The van der Waals surface area contributed by atoms with Gasteiger partial charge in [0.2, 0.25) is 5.69 Å². The van der Waals surface area contributed by atoms with Crippen molar-refractivity contribution in [1.82, 2.24) is 0 Å². The van der Waals surface area contributed by atoms with Crippen molar-refractivity contribution >= 4 is 39.5 Å². The van der Waals surface area contributed by atoms with Crippen LogP contribution in [0.4, 0.5) is 11.4 Å². The van der Waals surface area contributed by atoms with Crippen molar-refractivity contribution in [2.24, 2.45) is 5.92 Å². The number of benzene rings is 3. The van der Waals surface area contributed by atoms with Gasteiger partial charge in [-0.1, -0.05) is 68.8 Å². The number of allylic oxidation sites excluding steroid dienone is 5. The minimum atomic E-state index is -0.173. The third-order valence-electron chi connectivity index (χ3n) is 8.89. The van der Waals surface area contributed by atoms with Crippen molar-refractivity contribution in [3.63, 3.8) is 0 Å². The Bertz CT molecular complexity index is 1540. The van der Waals surface area contributed by atoms with Crippen LogP contribution < -0.4 is 4.90 Å². The van der Waals surface area contributed by atoms with Crippen molar-refractivity contribution in [1.29, 1.82) is 0 Å². The molecular formula is C37H44ClN2+. The predicted molar refractivity (Wildman–Crippen MR) is 175 cm³/mol. The van der Waals surface area contributed by atoms with E-state index in [9.17, 15) is 0 Å². The quantitative estimate of drug-likeness (QED) is 0.189. The number of hydrogen-bond acceptors (Lipinski definition) is 1. The molecule has 3 heteroatoms. The maximum absolute atomic E-state index is 6.51. The zero-order valence-corrected chi connectivity index (χ0v) is 25.9. The van der Waals surface area contributed by atoms with Crippen molar-refractivity contribution in [3.8, 4) is 0 Å². The van der Waals surface area contributed by atoms with Crippen LogP contribution in [0.1, 0.15) is 71.9 Å². The van der Waals surface area contributed by atoms with Crippen LogP contribution in [-0.4, -0.2) is 23.4 Å². The largest absolute Gasteiger partial charge is 0.344 e. The molecule has 3 aromatic carbocycles. The van der Waals surface area contributed by atoms with Gasteiger partial charge in [-0.2, -0.15) is 4.58 Å². The lowest BCUT2D eigenvalue weighted by Crippen LogP contribution is -2.29. The molecule has 2 nitrogen and oxygen atoms in total. The summed E-state index contributed by atoms with van der Waals surface area (Å²) >= 11 is 6.51. The lowest BCUT2D eigenvalue weighted by Gasteiger charge is -2.29. The first-order valence-corrected chi connectivity index (χ1v) is 15.3. The molecule has 0 aromatic heterocycles. The lowest BCUT2D eigenvalue weighted by molar-refractivity contribution is -0.439. The van der Waals surface area contributed by atoms with E-state index in [2.05, 4.69) is 124 Å². The van der Waals surface area contributed by atoms with Crippen LogP contribution in [0.2, 0.25) is 5.02 Å². The van der Waals surface area contributed by atoms with Crippen molar-refractivity contribution in [2.75, 3.05) is 18.0 Å². The highest BCUT2D eigenvalue weighted by Crippen LogP contribution is 2.51. The molecule has 0 saturated heterocycles. The van der Waals surface area contributed by atoms with Gasteiger partial charge in [-0.15, -0.1) is 6.58 Å². The highest BCUT2D eigenvalue weighted by Gasteiger charge is 2.46. The van der Waals surface area contributed by atoms with E-state index in [1.54, 1.807) is 0 Å². The zero-order chi connectivity index (χ0) is 28.7. The molecule has 0 spiro atoms. The Labute approximate surface area is 246 Å². The SMILES string of the molecule is C=CCC1(C)/C(=C\C=C\C2=[N+](CCC(C)C)c3ccc4ccccc4c3C2(C)C)N(CCC)c2ccc(Cl)cc21. The molecule has 1 atom stereocenters. The molecule has 2 heterocycles. The molecule has 3 aromatic rings. The summed E-state index contributed by atoms with van der Waals surface area (Å²) in [5, 5.41) is 3.46. The average molecular weight is 552 g/mol. The topological polar surface area (TPSA) is 6.25 Å². The molecule has 0 aliphatic carbocycles. The Morgan fingerprint density at radius 2 is 1.82 bits per heavy atom. The molecule has 2 aliphatic heterocycles. The third-order valence-corrected chi connectivity index (χ3v) is 9.13. The molecule has 208 valence electrons. The normalized spacial score (nSPS) is 20.8. The molecule has 40 heavy (non-hydrogen) atoms. The first-order chi connectivity index (χ1) is 19.1. The van der Waals surface area contributed by atoms with Crippen molar-refractivity contribution in [2.45, 2.75) is 71.6 Å². The Kier molecular flexibility index (Phi) is 7.86. The Morgan fingerprint density at radius 3 is 2.55 bits per heavy atom. The fourth-order valence-electron chi connectivity index (χ4n) is 6.89. The van der Waals surface area contributed by atoms with Gasteiger partial charge in [0.05, 0.1) is 5.41 Å². The molecule has 2 aliphatic rings. The Balaban J connectivity index is 1.63. The first-order valence-electron chi connectivity index (χ1n) is 14.9. The minimum absolute atomic E-state index is 0.109. The van der Waals surface area contributed by atoms with Crippen molar-refractivity contribution < 1.29 is 4.58 Å². The fraction of sp³-hybridized carbons (Fsp3) is 0.378. The molecule has 0 N–H and O–H groups in total. The minimum Gasteiger partial charge on any atom is -0.344 e. The number of fused-ring (bicyclic) bond motifs is 4. The van der Waals surface area contributed by atoms with Crippen LogP contribution in [0.25, 0.3) is 10.8 Å². The second-order valence-electron chi connectivity index (χ2n) is 12.6. The number of nitrogens with zero attached hydrogens (tertiary/aromatic N) is 2. The van der Waals surface area contributed by atoms with Gasteiger partial charge < -0.3 is 4.90 Å². The summed E-state index contributed by atoms with van der Waals surface area (Å²) in [5.74, 6) is 0.644. The standard InChI is InChI=1S/C37H44ClN2/c1-8-22-37(7)30-25-28(38)18-20-31(30)39(23-9-2)34(37)16-12-15-33-36(5,6)35-29-14-11-10-13-27(29)17-19-32(35)40(33)24-21-26(3)4/h8,10-20,25-26H,1,9,21-24H2,2-7H3/q+1. The highest BCUT2D eigenvalue weighted by atomic mass is 35.5. The summed E-state index contributed by atoms with van der Waals surface area (Å²) in [4.78, 5) is 2.49. The van der Waals surface area contributed by atoms with E-state index in [-0.39, 0.29) is 10.8 Å². The van der Waals surface area contributed by atoms with E-state index in [0.29, 0.717) is 5.92 Å². The third kappa shape index (κ3) is 4.75. The fourth-order valence-corrected chi connectivity index (χ4v) is 7.06. The van der Waals surface area contributed by atoms with E-state index in [4.69, 9.17) is 11.6 Å². The van der Waals surface area contributed by atoms with Crippen molar-refractivity contribution in [3.05, 3.63) is 107 Å². The summed E-state index contributed by atoms with van der Waals surface area (Å²) in [5.41, 5.74) is 7.74. The van der Waals surface area contributed by atoms with Crippen LogP contribution in [0.5, 0.6) is 0 Å². The second-order valence-corrected chi connectivity index (χ2v) is 13.0. The van der Waals surface area contributed by atoms with Gasteiger partial charge in [0, 0.05) is 52.5 Å². The van der Waals surface area contributed by atoms with Crippen LogP contribution in [0.3, 0.4) is 0 Å². The molecule has 1 unspecified atom stereocenters. The van der Waals surface area contributed by atoms with E-state index in [0.717, 1.165) is 37.4 Å². The van der Waals surface area contributed by atoms with Crippen LogP contribution in [0, 0.1) is 5.92 Å². The lowest BCUT2D eigenvalue weighted by atomic mass is 9.78. The second kappa shape index (κ2) is 11.1. The van der Waals surface area contributed by atoms with Crippen LogP contribution >= 0.6 is 11.6 Å². The number of anilines is 1. The van der Waals surface area contributed by atoms with Crippen LogP contribution in [0.15, 0.2) is 91.2 Å². The summed E-state index contributed by atoms with van der Waals surface area (Å²) in [6.45, 7) is 20.1. The van der Waals surface area contributed by atoms with E-state index in [1.165, 1.54) is 44.7 Å². The monoisotopic (exact) mass is 551 g/mol. The summed E-state index contributed by atoms with van der Waals surface area (Å²) < 4.78 is 2.58. The molecule has 0 saturated carbocycles. The molecule has 0 fully saturated rings. The first kappa shape index (κ1) is 28.4. The van der Waals surface area contributed by atoms with E-state index < -0.39 is 0 Å². The Hall–Kier alpha value is -3.10. The molecule has 0 bridgehead atoms. The van der Waals surface area contributed by atoms with Gasteiger partial charge in [-0.05, 0) is 86.2 Å². The van der Waals surface area contributed by atoms with E-state index in [1.807, 2.05) is 12.1 Å². The predicted octanol–water partition coefficient (Wildman–Crippen LogP) is 10.1. The van der Waals surface area contributed by atoms with Gasteiger partial charge in [-0.3, -0.25) is 0 Å². The average Bonchev–Trinajstić information content (AvgIpc) is 3.27. The number of rotatable bonds is 9. The van der Waals surface area contributed by atoms with Gasteiger partial charge in [-0.25, -0.2) is 0 Å². The Morgan fingerprint density at radius 1 is 1.05 bits per heavy atom.